The molecule has 2 atom stereocenters. The predicted octanol–water partition coefficient (Wildman–Crippen LogP) is 2.75. The molecule has 3 fully saturated rings. The lowest BCUT2D eigenvalue weighted by atomic mass is 9.76. The molecule has 2 saturated carbocycles. The Morgan fingerprint density at radius 3 is 2.28 bits per heavy atom. The largest absolute Gasteiger partial charge is 0.481 e. The third-order valence-corrected chi connectivity index (χ3v) is 5.46. The molecule has 1 N–H and O–H groups in total. The number of carboxylic acid groups (broad SMARTS) is 1. The van der Waals surface area contributed by atoms with Crippen LogP contribution < -0.4 is 0 Å². The second-order valence-corrected chi connectivity index (χ2v) is 6.89. The second kappa shape index (κ2) is 4.84. The van der Waals surface area contributed by atoms with Crippen molar-refractivity contribution in [3.63, 3.8) is 0 Å². The van der Waals surface area contributed by atoms with Gasteiger partial charge in [0.2, 0.25) is 0 Å². The van der Waals surface area contributed by atoms with Gasteiger partial charge in [-0.05, 0) is 43.9 Å². The molecule has 2 unspecified atom stereocenters. The molecule has 1 saturated heterocycles. The maximum atomic E-state index is 11.6. The first kappa shape index (κ1) is 12.5. The molecule has 102 valence electrons. The van der Waals surface area contributed by atoms with Gasteiger partial charge in [0.25, 0.3) is 0 Å². The molecule has 3 nitrogen and oxygen atoms in total. The van der Waals surface area contributed by atoms with E-state index in [0.29, 0.717) is 0 Å². The van der Waals surface area contributed by atoms with E-state index in [4.69, 9.17) is 0 Å². The molecule has 0 spiro atoms. The highest BCUT2D eigenvalue weighted by Gasteiger charge is 2.44. The number of nitrogens with zero attached hydrogens (tertiary/aromatic N) is 1. The Kier molecular flexibility index (Phi) is 3.35. The van der Waals surface area contributed by atoms with Gasteiger partial charge >= 0.3 is 5.97 Å². The van der Waals surface area contributed by atoms with Gasteiger partial charge in [0.15, 0.2) is 0 Å². The van der Waals surface area contributed by atoms with Gasteiger partial charge in [0.1, 0.15) is 0 Å². The molecule has 2 bridgehead atoms. The van der Waals surface area contributed by atoms with E-state index in [-0.39, 0.29) is 0 Å². The molecular formula is C15H25NO2. The van der Waals surface area contributed by atoms with E-state index in [1.165, 1.54) is 25.7 Å². The van der Waals surface area contributed by atoms with Crippen LogP contribution in [-0.4, -0.2) is 35.6 Å². The summed E-state index contributed by atoms with van der Waals surface area (Å²) >= 11 is 0. The number of hydrogen-bond donors (Lipinski definition) is 1. The minimum Gasteiger partial charge on any atom is -0.481 e. The van der Waals surface area contributed by atoms with Crippen molar-refractivity contribution in [2.24, 2.45) is 17.3 Å². The minimum absolute atomic E-state index is 0.411. The summed E-state index contributed by atoms with van der Waals surface area (Å²) in [4.78, 5) is 14.1. The molecule has 3 heteroatoms. The van der Waals surface area contributed by atoms with Crippen LogP contribution >= 0.6 is 0 Å². The summed E-state index contributed by atoms with van der Waals surface area (Å²) in [5.41, 5.74) is -0.411. The Hall–Kier alpha value is -0.570. The Balaban J connectivity index is 1.66. The minimum atomic E-state index is -0.546. The van der Waals surface area contributed by atoms with Gasteiger partial charge < -0.3 is 10.0 Å². The maximum absolute atomic E-state index is 11.6. The fourth-order valence-electron chi connectivity index (χ4n) is 4.59. The average Bonchev–Trinajstić information content (AvgIpc) is 2.78. The fraction of sp³-hybridized carbons (Fsp3) is 0.933. The number of fused-ring (bicyclic) bond motifs is 2. The lowest BCUT2D eigenvalue weighted by molar-refractivity contribution is -0.150. The van der Waals surface area contributed by atoms with E-state index < -0.39 is 11.4 Å². The van der Waals surface area contributed by atoms with Gasteiger partial charge in [0, 0.05) is 19.6 Å². The molecule has 3 rings (SSSR count). The lowest BCUT2D eigenvalue weighted by Crippen LogP contribution is -2.49. The van der Waals surface area contributed by atoms with Crippen molar-refractivity contribution in [2.75, 3.05) is 19.6 Å². The number of piperidine rings is 1. The van der Waals surface area contributed by atoms with E-state index in [9.17, 15) is 9.90 Å². The van der Waals surface area contributed by atoms with Crippen LogP contribution in [0.1, 0.15) is 51.4 Å². The van der Waals surface area contributed by atoms with Crippen molar-refractivity contribution in [3.8, 4) is 0 Å². The Morgan fingerprint density at radius 1 is 1.11 bits per heavy atom. The fourth-order valence-corrected chi connectivity index (χ4v) is 4.59. The molecule has 2 aliphatic carbocycles. The third kappa shape index (κ3) is 2.29. The summed E-state index contributed by atoms with van der Waals surface area (Å²) < 4.78 is 0. The van der Waals surface area contributed by atoms with Crippen molar-refractivity contribution >= 4 is 5.97 Å². The smallest absolute Gasteiger partial charge is 0.310 e. The summed E-state index contributed by atoms with van der Waals surface area (Å²) in [7, 11) is 0. The van der Waals surface area contributed by atoms with Crippen LogP contribution in [0.3, 0.4) is 0 Å². The highest BCUT2D eigenvalue weighted by Crippen LogP contribution is 2.41. The first-order chi connectivity index (χ1) is 8.68. The van der Waals surface area contributed by atoms with Crippen LogP contribution in [0.25, 0.3) is 0 Å². The van der Waals surface area contributed by atoms with Gasteiger partial charge in [-0.1, -0.05) is 19.3 Å². The zero-order valence-electron chi connectivity index (χ0n) is 11.2. The van der Waals surface area contributed by atoms with Crippen LogP contribution in [0.4, 0.5) is 0 Å². The summed E-state index contributed by atoms with van der Waals surface area (Å²) in [5, 5.41) is 9.57. The summed E-state index contributed by atoms with van der Waals surface area (Å²) in [6, 6.07) is 0. The number of carboxylic acids is 1. The van der Waals surface area contributed by atoms with Crippen molar-refractivity contribution in [1.29, 1.82) is 0 Å². The second-order valence-electron chi connectivity index (χ2n) is 6.89. The highest BCUT2D eigenvalue weighted by atomic mass is 16.4. The van der Waals surface area contributed by atoms with Crippen molar-refractivity contribution in [1.82, 2.24) is 4.90 Å². The van der Waals surface area contributed by atoms with Crippen molar-refractivity contribution in [2.45, 2.75) is 51.4 Å². The molecule has 0 aromatic carbocycles. The molecule has 1 heterocycles. The monoisotopic (exact) mass is 251 g/mol. The van der Waals surface area contributed by atoms with Gasteiger partial charge in [-0.3, -0.25) is 4.79 Å². The molecule has 3 aliphatic rings. The topological polar surface area (TPSA) is 40.5 Å². The van der Waals surface area contributed by atoms with Crippen LogP contribution in [0, 0.1) is 17.3 Å². The third-order valence-electron chi connectivity index (χ3n) is 5.46. The maximum Gasteiger partial charge on any atom is 0.310 e. The number of aliphatic carboxylic acids is 1. The Bertz CT molecular complexity index is 310. The Morgan fingerprint density at radius 2 is 1.72 bits per heavy atom. The van der Waals surface area contributed by atoms with Crippen molar-refractivity contribution in [3.05, 3.63) is 0 Å². The quantitative estimate of drug-likeness (QED) is 0.838. The number of hydrogen-bond acceptors (Lipinski definition) is 2. The summed E-state index contributed by atoms with van der Waals surface area (Å²) in [6.45, 7) is 3.13. The van der Waals surface area contributed by atoms with Crippen LogP contribution in [-0.2, 0) is 4.79 Å². The van der Waals surface area contributed by atoms with Crippen LogP contribution in [0.5, 0.6) is 0 Å². The number of carbonyl (C=O) groups is 1. The summed E-state index contributed by atoms with van der Waals surface area (Å²) in [5.74, 6) is 1.16. The molecule has 18 heavy (non-hydrogen) atoms. The first-order valence-electron chi connectivity index (χ1n) is 7.64. The number of likely N-dealkylation sites (tertiary alicyclic amines) is 1. The van der Waals surface area contributed by atoms with Crippen LogP contribution in [0.15, 0.2) is 0 Å². The standard InChI is InChI=1S/C15H25NO2/c17-14(18)15(6-1-2-7-15)11-16-9-12-4-3-5-13(8-12)10-16/h12-13H,1-11H2,(H,17,18). The lowest BCUT2D eigenvalue weighted by Gasteiger charge is -2.43. The molecule has 1 aliphatic heterocycles. The van der Waals surface area contributed by atoms with Gasteiger partial charge in [-0.2, -0.15) is 0 Å². The molecule has 0 radical (unpaired) electrons. The Labute approximate surface area is 110 Å². The van der Waals surface area contributed by atoms with E-state index >= 15 is 0 Å². The van der Waals surface area contributed by atoms with E-state index in [0.717, 1.165) is 57.2 Å². The first-order valence-corrected chi connectivity index (χ1v) is 7.64. The normalized spacial score (nSPS) is 35.6. The van der Waals surface area contributed by atoms with E-state index in [1.54, 1.807) is 0 Å². The van der Waals surface area contributed by atoms with Crippen LogP contribution in [0.2, 0.25) is 0 Å². The average molecular weight is 251 g/mol. The predicted molar refractivity (Wildman–Crippen MR) is 70.4 cm³/mol. The van der Waals surface area contributed by atoms with Gasteiger partial charge in [-0.25, -0.2) is 0 Å². The zero-order valence-corrected chi connectivity index (χ0v) is 11.2. The highest BCUT2D eigenvalue weighted by molar-refractivity contribution is 5.75. The zero-order chi connectivity index (χ0) is 12.6. The van der Waals surface area contributed by atoms with Gasteiger partial charge in [-0.15, -0.1) is 0 Å². The molecule has 0 aromatic heterocycles. The van der Waals surface area contributed by atoms with E-state index in [1.807, 2.05) is 0 Å². The number of rotatable bonds is 3. The SMILES string of the molecule is O=C(O)C1(CN2CC3CCCC(C3)C2)CCCC1. The van der Waals surface area contributed by atoms with E-state index in [2.05, 4.69) is 4.90 Å². The molecular weight excluding hydrogens is 226 g/mol. The van der Waals surface area contributed by atoms with Crippen molar-refractivity contribution < 1.29 is 9.90 Å². The summed E-state index contributed by atoms with van der Waals surface area (Å²) in [6.07, 6.45) is 9.53. The molecule has 0 aromatic rings. The van der Waals surface area contributed by atoms with Gasteiger partial charge in [0.05, 0.1) is 5.41 Å². The molecule has 0 amide bonds.